The third kappa shape index (κ3) is 1.98. The molecule has 2 aromatic carbocycles. The van der Waals surface area contributed by atoms with Crippen LogP contribution in [-0.2, 0) is 0 Å². The fraction of sp³-hybridized carbons (Fsp3) is 0. The number of aromatic carboxylic acids is 1. The van der Waals surface area contributed by atoms with Crippen LogP contribution in [0.15, 0.2) is 47.2 Å². The highest BCUT2D eigenvalue weighted by atomic mass is 79.9. The SMILES string of the molecule is O=C(O)c1cccc2ncn(-c3cc(F)ccc3Br)c12. The molecule has 20 heavy (non-hydrogen) atoms. The molecule has 0 atom stereocenters. The van der Waals surface area contributed by atoms with Gasteiger partial charge in [-0.05, 0) is 46.3 Å². The van der Waals surface area contributed by atoms with Crippen molar-refractivity contribution >= 4 is 32.9 Å². The zero-order valence-corrected chi connectivity index (χ0v) is 11.6. The number of nitrogens with zero attached hydrogens (tertiary/aromatic N) is 2. The van der Waals surface area contributed by atoms with Crippen LogP contribution in [0.1, 0.15) is 10.4 Å². The largest absolute Gasteiger partial charge is 0.478 e. The van der Waals surface area contributed by atoms with E-state index in [0.717, 1.165) is 0 Å². The van der Waals surface area contributed by atoms with Gasteiger partial charge in [0, 0.05) is 4.47 Å². The molecular formula is C14H8BrFN2O2. The Labute approximate surface area is 121 Å². The zero-order chi connectivity index (χ0) is 14.3. The van der Waals surface area contributed by atoms with Crippen molar-refractivity contribution in [3.63, 3.8) is 0 Å². The van der Waals surface area contributed by atoms with Crippen molar-refractivity contribution in [1.82, 2.24) is 9.55 Å². The number of rotatable bonds is 2. The number of carboxylic acids is 1. The first-order chi connectivity index (χ1) is 9.58. The Morgan fingerprint density at radius 2 is 2.10 bits per heavy atom. The highest BCUT2D eigenvalue weighted by Crippen LogP contribution is 2.27. The Morgan fingerprint density at radius 3 is 2.85 bits per heavy atom. The fourth-order valence-corrected chi connectivity index (χ4v) is 2.53. The monoisotopic (exact) mass is 334 g/mol. The Kier molecular flexibility index (Phi) is 3.02. The van der Waals surface area contributed by atoms with Crippen LogP contribution in [0.3, 0.4) is 0 Å². The van der Waals surface area contributed by atoms with Gasteiger partial charge in [-0.2, -0.15) is 0 Å². The van der Waals surface area contributed by atoms with Crippen LogP contribution < -0.4 is 0 Å². The predicted molar refractivity (Wildman–Crippen MR) is 75.7 cm³/mol. The van der Waals surface area contributed by atoms with Crippen molar-refractivity contribution in [2.24, 2.45) is 0 Å². The van der Waals surface area contributed by atoms with Gasteiger partial charge >= 0.3 is 5.97 Å². The highest BCUT2D eigenvalue weighted by Gasteiger charge is 2.15. The van der Waals surface area contributed by atoms with Crippen molar-refractivity contribution < 1.29 is 14.3 Å². The topological polar surface area (TPSA) is 55.1 Å². The fourth-order valence-electron chi connectivity index (χ4n) is 2.09. The summed E-state index contributed by atoms with van der Waals surface area (Å²) in [6.07, 6.45) is 1.48. The number of fused-ring (bicyclic) bond motifs is 1. The summed E-state index contributed by atoms with van der Waals surface area (Å²) in [5.74, 6) is -1.46. The van der Waals surface area contributed by atoms with Crippen LogP contribution in [0.4, 0.5) is 4.39 Å². The van der Waals surface area contributed by atoms with Crippen molar-refractivity contribution in [2.75, 3.05) is 0 Å². The van der Waals surface area contributed by atoms with Gasteiger partial charge in [0.15, 0.2) is 0 Å². The van der Waals surface area contributed by atoms with E-state index in [-0.39, 0.29) is 5.56 Å². The highest BCUT2D eigenvalue weighted by molar-refractivity contribution is 9.10. The van der Waals surface area contributed by atoms with E-state index in [4.69, 9.17) is 0 Å². The molecule has 4 nitrogen and oxygen atoms in total. The third-order valence-corrected chi connectivity index (χ3v) is 3.64. The summed E-state index contributed by atoms with van der Waals surface area (Å²) < 4.78 is 15.6. The second-order valence-corrected chi connectivity index (χ2v) is 5.04. The van der Waals surface area contributed by atoms with Gasteiger partial charge in [-0.1, -0.05) is 6.07 Å². The number of halogens is 2. The van der Waals surface area contributed by atoms with Crippen molar-refractivity contribution in [3.05, 3.63) is 58.6 Å². The molecule has 0 amide bonds. The number of carbonyl (C=O) groups is 1. The lowest BCUT2D eigenvalue weighted by atomic mass is 10.2. The molecule has 3 rings (SSSR count). The minimum absolute atomic E-state index is 0.121. The average molecular weight is 335 g/mol. The summed E-state index contributed by atoms with van der Waals surface area (Å²) >= 11 is 3.34. The molecule has 0 saturated heterocycles. The molecule has 0 radical (unpaired) electrons. The molecule has 1 heterocycles. The van der Waals surface area contributed by atoms with E-state index in [1.165, 1.54) is 24.5 Å². The van der Waals surface area contributed by atoms with Crippen LogP contribution in [0.5, 0.6) is 0 Å². The van der Waals surface area contributed by atoms with Gasteiger partial charge in [0.1, 0.15) is 12.1 Å². The minimum Gasteiger partial charge on any atom is -0.478 e. The van der Waals surface area contributed by atoms with Gasteiger partial charge in [0.2, 0.25) is 0 Å². The van der Waals surface area contributed by atoms with Crippen LogP contribution in [0.25, 0.3) is 16.7 Å². The molecule has 0 aliphatic rings. The lowest BCUT2D eigenvalue weighted by Crippen LogP contribution is -2.02. The van der Waals surface area contributed by atoms with Crippen LogP contribution in [0.2, 0.25) is 0 Å². The first kappa shape index (κ1) is 12.8. The molecule has 0 saturated carbocycles. The number of para-hydroxylation sites is 1. The minimum atomic E-state index is -1.05. The summed E-state index contributed by atoms with van der Waals surface area (Å²) in [4.78, 5) is 15.5. The van der Waals surface area contributed by atoms with E-state index in [0.29, 0.717) is 21.2 Å². The van der Waals surface area contributed by atoms with E-state index in [2.05, 4.69) is 20.9 Å². The number of hydrogen-bond acceptors (Lipinski definition) is 2. The maximum Gasteiger partial charge on any atom is 0.337 e. The molecule has 0 fully saturated rings. The van der Waals surface area contributed by atoms with Gasteiger partial charge < -0.3 is 5.11 Å². The normalized spacial score (nSPS) is 10.9. The molecule has 0 bridgehead atoms. The summed E-state index contributed by atoms with van der Waals surface area (Å²) in [5.41, 5.74) is 1.60. The molecule has 100 valence electrons. The number of carboxylic acid groups (broad SMARTS) is 1. The number of aromatic nitrogens is 2. The maximum absolute atomic E-state index is 13.4. The third-order valence-electron chi connectivity index (χ3n) is 2.97. The molecule has 1 N–H and O–H groups in total. The average Bonchev–Trinajstić information content (AvgIpc) is 2.85. The predicted octanol–water partition coefficient (Wildman–Crippen LogP) is 3.63. The van der Waals surface area contributed by atoms with E-state index < -0.39 is 11.8 Å². The van der Waals surface area contributed by atoms with E-state index in [1.807, 2.05) is 0 Å². The number of imidazole rings is 1. The van der Waals surface area contributed by atoms with Crippen molar-refractivity contribution in [3.8, 4) is 5.69 Å². The second-order valence-electron chi connectivity index (χ2n) is 4.19. The molecule has 0 spiro atoms. The summed E-state index contributed by atoms with van der Waals surface area (Å²) in [6.45, 7) is 0. The van der Waals surface area contributed by atoms with Crippen LogP contribution in [-0.4, -0.2) is 20.6 Å². The standard InChI is InChI=1S/C14H8BrFN2O2/c15-10-5-4-8(16)6-12(10)18-7-17-11-3-1-2-9(13(11)18)14(19)20/h1-7H,(H,19,20). The van der Waals surface area contributed by atoms with Gasteiger partial charge in [-0.3, -0.25) is 4.57 Å². The zero-order valence-electron chi connectivity index (χ0n) is 10.0. The van der Waals surface area contributed by atoms with Gasteiger partial charge in [-0.15, -0.1) is 0 Å². The quantitative estimate of drug-likeness (QED) is 0.778. The molecule has 0 aliphatic carbocycles. The number of hydrogen-bond donors (Lipinski definition) is 1. The van der Waals surface area contributed by atoms with E-state index in [1.54, 1.807) is 22.8 Å². The van der Waals surface area contributed by atoms with Crippen LogP contribution in [0, 0.1) is 5.82 Å². The van der Waals surface area contributed by atoms with Crippen molar-refractivity contribution in [1.29, 1.82) is 0 Å². The van der Waals surface area contributed by atoms with Gasteiger partial charge in [0.25, 0.3) is 0 Å². The molecule has 6 heteroatoms. The van der Waals surface area contributed by atoms with Crippen molar-refractivity contribution in [2.45, 2.75) is 0 Å². The number of benzene rings is 2. The molecule has 0 aliphatic heterocycles. The first-order valence-electron chi connectivity index (χ1n) is 5.72. The summed E-state index contributed by atoms with van der Waals surface area (Å²) in [5, 5.41) is 9.27. The van der Waals surface area contributed by atoms with Gasteiger partial charge in [0.05, 0.1) is 22.3 Å². The molecular weight excluding hydrogens is 327 g/mol. The van der Waals surface area contributed by atoms with Gasteiger partial charge in [-0.25, -0.2) is 14.2 Å². The smallest absolute Gasteiger partial charge is 0.337 e. The van der Waals surface area contributed by atoms with Crippen LogP contribution >= 0.6 is 15.9 Å². The Balaban J connectivity index is 2.37. The lowest BCUT2D eigenvalue weighted by Gasteiger charge is -2.08. The molecule has 1 aromatic heterocycles. The Bertz CT molecular complexity index is 829. The maximum atomic E-state index is 13.4. The lowest BCUT2D eigenvalue weighted by molar-refractivity contribution is 0.0698. The second kappa shape index (κ2) is 4.72. The summed E-state index contributed by atoms with van der Waals surface area (Å²) in [7, 11) is 0. The first-order valence-corrected chi connectivity index (χ1v) is 6.52. The Hall–Kier alpha value is -2.21. The molecule has 0 unspecified atom stereocenters. The molecule has 3 aromatic rings. The summed E-state index contributed by atoms with van der Waals surface area (Å²) in [6, 6.07) is 9.06. The van der Waals surface area contributed by atoms with E-state index >= 15 is 0 Å². The Morgan fingerprint density at radius 1 is 1.30 bits per heavy atom. The van der Waals surface area contributed by atoms with E-state index in [9.17, 15) is 14.3 Å².